The fourth-order valence-corrected chi connectivity index (χ4v) is 2.27. The molecule has 2 nitrogen and oxygen atoms in total. The highest BCUT2D eigenvalue weighted by Gasteiger charge is 2.18. The Morgan fingerprint density at radius 2 is 1.31 bits per heavy atom. The molecule has 0 aromatic carbocycles. The molecule has 0 saturated heterocycles. The fourth-order valence-electron chi connectivity index (χ4n) is 2.27. The highest BCUT2D eigenvalue weighted by atomic mass is 14.9. The van der Waals surface area contributed by atoms with Gasteiger partial charge < -0.3 is 11.1 Å². The van der Waals surface area contributed by atoms with Crippen LogP contribution in [0.25, 0.3) is 0 Å². The number of rotatable bonds is 8. The van der Waals surface area contributed by atoms with Gasteiger partial charge >= 0.3 is 0 Å². The average molecular weight is 228 g/mol. The van der Waals surface area contributed by atoms with E-state index in [-0.39, 0.29) is 0 Å². The summed E-state index contributed by atoms with van der Waals surface area (Å²) in [5, 5.41) is 3.60. The molecule has 0 bridgehead atoms. The Bertz CT molecular complexity index is 156. The van der Waals surface area contributed by atoms with E-state index in [9.17, 15) is 0 Å². The smallest absolute Gasteiger partial charge is 0.000588 e. The molecular weight excluding hydrogens is 196 g/mol. The van der Waals surface area contributed by atoms with Gasteiger partial charge in [0.1, 0.15) is 0 Å². The molecule has 0 fully saturated rings. The first-order valence-corrected chi connectivity index (χ1v) is 6.80. The molecule has 0 aliphatic rings. The molecule has 0 aliphatic carbocycles. The molecule has 0 rings (SSSR count). The van der Waals surface area contributed by atoms with Crippen LogP contribution >= 0.6 is 0 Å². The molecule has 0 heterocycles. The Morgan fingerprint density at radius 1 is 0.812 bits per heavy atom. The van der Waals surface area contributed by atoms with Gasteiger partial charge in [0.15, 0.2) is 0 Å². The summed E-state index contributed by atoms with van der Waals surface area (Å²) in [6, 6.07) is 0. The Balaban J connectivity index is 3.94. The lowest BCUT2D eigenvalue weighted by Crippen LogP contribution is -2.36. The van der Waals surface area contributed by atoms with Gasteiger partial charge in [-0.2, -0.15) is 0 Å². The van der Waals surface area contributed by atoms with Gasteiger partial charge in [0.25, 0.3) is 0 Å². The maximum absolute atomic E-state index is 5.77. The number of nitrogens with two attached hydrogens (primary N) is 1. The van der Waals surface area contributed by atoms with Crippen molar-refractivity contribution in [1.29, 1.82) is 0 Å². The van der Waals surface area contributed by atoms with Crippen molar-refractivity contribution in [2.24, 2.45) is 35.3 Å². The monoisotopic (exact) mass is 228 g/mol. The molecule has 3 N–H and O–H groups in total. The van der Waals surface area contributed by atoms with Crippen molar-refractivity contribution >= 4 is 0 Å². The van der Waals surface area contributed by atoms with Crippen LogP contribution in [0.15, 0.2) is 0 Å². The molecule has 0 spiro atoms. The van der Waals surface area contributed by atoms with E-state index >= 15 is 0 Å². The number of hydrogen-bond donors (Lipinski definition) is 2. The summed E-state index contributed by atoms with van der Waals surface area (Å²) in [7, 11) is 0. The lowest BCUT2D eigenvalue weighted by atomic mass is 9.85. The second kappa shape index (κ2) is 8.08. The summed E-state index contributed by atoms with van der Waals surface area (Å²) >= 11 is 0. The van der Waals surface area contributed by atoms with E-state index in [0.29, 0.717) is 11.8 Å². The van der Waals surface area contributed by atoms with Crippen LogP contribution in [-0.4, -0.2) is 19.6 Å². The van der Waals surface area contributed by atoms with Crippen LogP contribution in [0.3, 0.4) is 0 Å². The normalized spacial score (nSPS) is 14.4. The van der Waals surface area contributed by atoms with Gasteiger partial charge in [0.2, 0.25) is 0 Å². The fraction of sp³-hybridized carbons (Fsp3) is 1.00. The molecule has 16 heavy (non-hydrogen) atoms. The van der Waals surface area contributed by atoms with Crippen LogP contribution < -0.4 is 11.1 Å². The number of nitrogens with one attached hydrogen (secondary N) is 1. The van der Waals surface area contributed by atoms with E-state index in [1.807, 2.05) is 0 Å². The second-order valence-corrected chi connectivity index (χ2v) is 6.05. The Morgan fingerprint density at radius 3 is 1.62 bits per heavy atom. The number of hydrogen-bond acceptors (Lipinski definition) is 2. The van der Waals surface area contributed by atoms with E-state index in [2.05, 4.69) is 46.9 Å². The summed E-state index contributed by atoms with van der Waals surface area (Å²) in [5.41, 5.74) is 5.77. The molecule has 1 atom stereocenters. The van der Waals surface area contributed by atoms with Crippen LogP contribution in [-0.2, 0) is 0 Å². The molecule has 1 unspecified atom stereocenters. The Labute approximate surface area is 102 Å². The highest BCUT2D eigenvalue weighted by Crippen LogP contribution is 2.19. The van der Waals surface area contributed by atoms with Crippen LogP contribution in [0.5, 0.6) is 0 Å². The highest BCUT2D eigenvalue weighted by molar-refractivity contribution is 4.72. The van der Waals surface area contributed by atoms with Crippen molar-refractivity contribution in [3.05, 3.63) is 0 Å². The minimum atomic E-state index is 0.611. The first-order valence-electron chi connectivity index (χ1n) is 6.80. The molecule has 0 saturated carbocycles. The standard InChI is InChI=1S/C14H32N2/c1-10(2)13(7-15)8-16-9-14(11(3)4)12(5)6/h10-14,16H,7-9,15H2,1-6H3. The zero-order valence-corrected chi connectivity index (χ0v) is 12.1. The van der Waals surface area contributed by atoms with E-state index in [0.717, 1.165) is 37.4 Å². The molecule has 0 amide bonds. The largest absolute Gasteiger partial charge is 0.330 e. The predicted molar refractivity (Wildman–Crippen MR) is 73.4 cm³/mol. The SMILES string of the molecule is CC(C)C(CN)CNCC(C(C)C)C(C)C. The molecule has 2 heteroatoms. The van der Waals surface area contributed by atoms with Crippen LogP contribution in [0, 0.1) is 29.6 Å². The van der Waals surface area contributed by atoms with Gasteiger partial charge in [-0.05, 0) is 49.2 Å². The van der Waals surface area contributed by atoms with Crippen molar-refractivity contribution in [3.63, 3.8) is 0 Å². The van der Waals surface area contributed by atoms with Gasteiger partial charge in [-0.25, -0.2) is 0 Å². The minimum absolute atomic E-state index is 0.611. The van der Waals surface area contributed by atoms with Crippen molar-refractivity contribution in [1.82, 2.24) is 5.32 Å². The molecule has 98 valence electrons. The lowest BCUT2D eigenvalue weighted by molar-refractivity contribution is 0.263. The summed E-state index contributed by atoms with van der Waals surface area (Å²) in [4.78, 5) is 0. The maximum atomic E-state index is 5.77. The zero-order valence-electron chi connectivity index (χ0n) is 12.1. The lowest BCUT2D eigenvalue weighted by Gasteiger charge is -2.27. The van der Waals surface area contributed by atoms with Crippen LogP contribution in [0.4, 0.5) is 0 Å². The van der Waals surface area contributed by atoms with E-state index in [1.54, 1.807) is 0 Å². The van der Waals surface area contributed by atoms with E-state index in [4.69, 9.17) is 5.73 Å². The topological polar surface area (TPSA) is 38.0 Å². The Hall–Kier alpha value is -0.0800. The van der Waals surface area contributed by atoms with Crippen molar-refractivity contribution in [3.8, 4) is 0 Å². The summed E-state index contributed by atoms with van der Waals surface area (Å²) in [6.07, 6.45) is 0. The van der Waals surface area contributed by atoms with E-state index < -0.39 is 0 Å². The second-order valence-electron chi connectivity index (χ2n) is 6.05. The summed E-state index contributed by atoms with van der Waals surface area (Å²) < 4.78 is 0. The molecular formula is C14H32N2. The van der Waals surface area contributed by atoms with Gasteiger partial charge in [-0.15, -0.1) is 0 Å². The third kappa shape index (κ3) is 5.86. The van der Waals surface area contributed by atoms with Gasteiger partial charge in [0, 0.05) is 0 Å². The third-order valence-corrected chi connectivity index (χ3v) is 3.74. The van der Waals surface area contributed by atoms with Crippen LogP contribution in [0.2, 0.25) is 0 Å². The van der Waals surface area contributed by atoms with Gasteiger partial charge in [0.05, 0.1) is 0 Å². The molecule has 0 radical (unpaired) electrons. The quantitative estimate of drug-likeness (QED) is 0.670. The molecule has 0 aromatic heterocycles. The van der Waals surface area contributed by atoms with Crippen molar-refractivity contribution in [2.75, 3.05) is 19.6 Å². The average Bonchev–Trinajstić information content (AvgIpc) is 2.15. The van der Waals surface area contributed by atoms with Crippen molar-refractivity contribution in [2.45, 2.75) is 41.5 Å². The maximum Gasteiger partial charge on any atom is -0.000588 e. The van der Waals surface area contributed by atoms with Crippen LogP contribution in [0.1, 0.15) is 41.5 Å². The third-order valence-electron chi connectivity index (χ3n) is 3.74. The zero-order chi connectivity index (χ0) is 12.7. The molecule has 0 aromatic rings. The van der Waals surface area contributed by atoms with Gasteiger partial charge in [-0.1, -0.05) is 41.5 Å². The van der Waals surface area contributed by atoms with E-state index in [1.165, 1.54) is 0 Å². The minimum Gasteiger partial charge on any atom is -0.330 e. The summed E-state index contributed by atoms with van der Waals surface area (Å²) in [5.74, 6) is 3.56. The first kappa shape index (κ1) is 15.9. The summed E-state index contributed by atoms with van der Waals surface area (Å²) in [6.45, 7) is 16.7. The first-order chi connectivity index (χ1) is 7.40. The van der Waals surface area contributed by atoms with Crippen molar-refractivity contribution < 1.29 is 0 Å². The molecule has 0 aliphatic heterocycles. The Kier molecular flexibility index (Phi) is 8.04. The van der Waals surface area contributed by atoms with Gasteiger partial charge in [-0.3, -0.25) is 0 Å². The predicted octanol–water partition coefficient (Wildman–Crippen LogP) is 2.74.